The standard InChI is InChI=1S/C13H16N2S/c1-2-10-3-5-11(6-4-10)13-9-12(7-8-14)16-15-13/h3-6,9H,2,7-8,14H2,1H3. The van der Waals surface area contributed by atoms with Crippen molar-refractivity contribution in [3.8, 4) is 11.3 Å². The van der Waals surface area contributed by atoms with Crippen LogP contribution in [-0.4, -0.2) is 10.9 Å². The molecule has 2 aromatic rings. The van der Waals surface area contributed by atoms with Crippen LogP contribution in [0, 0.1) is 0 Å². The van der Waals surface area contributed by atoms with Crippen LogP contribution in [0.3, 0.4) is 0 Å². The summed E-state index contributed by atoms with van der Waals surface area (Å²) in [4.78, 5) is 1.26. The molecule has 16 heavy (non-hydrogen) atoms. The summed E-state index contributed by atoms with van der Waals surface area (Å²) in [6.45, 7) is 2.85. The maximum atomic E-state index is 5.53. The van der Waals surface area contributed by atoms with Gasteiger partial charge in [0.1, 0.15) is 0 Å². The molecule has 2 nitrogen and oxygen atoms in total. The van der Waals surface area contributed by atoms with Crippen LogP contribution in [0.4, 0.5) is 0 Å². The van der Waals surface area contributed by atoms with Gasteiger partial charge in [0.15, 0.2) is 0 Å². The van der Waals surface area contributed by atoms with Crippen LogP contribution in [0.1, 0.15) is 17.4 Å². The van der Waals surface area contributed by atoms with Gasteiger partial charge in [0.25, 0.3) is 0 Å². The van der Waals surface area contributed by atoms with Gasteiger partial charge in [-0.3, -0.25) is 0 Å². The van der Waals surface area contributed by atoms with E-state index in [1.165, 1.54) is 16.0 Å². The minimum Gasteiger partial charge on any atom is -0.330 e. The summed E-state index contributed by atoms with van der Waals surface area (Å²) in [5.74, 6) is 0. The van der Waals surface area contributed by atoms with Crippen molar-refractivity contribution in [1.82, 2.24) is 4.37 Å². The van der Waals surface area contributed by atoms with Crippen molar-refractivity contribution in [3.63, 3.8) is 0 Å². The molecule has 0 fully saturated rings. The molecule has 1 aromatic heterocycles. The number of aryl methyl sites for hydroxylation is 1. The van der Waals surface area contributed by atoms with E-state index in [1.807, 2.05) is 0 Å². The maximum absolute atomic E-state index is 5.53. The highest BCUT2D eigenvalue weighted by Crippen LogP contribution is 2.22. The number of benzene rings is 1. The Kier molecular flexibility index (Phi) is 3.70. The summed E-state index contributed by atoms with van der Waals surface area (Å²) in [6, 6.07) is 10.7. The smallest absolute Gasteiger partial charge is 0.0843 e. The largest absolute Gasteiger partial charge is 0.330 e. The van der Waals surface area contributed by atoms with E-state index in [1.54, 1.807) is 11.5 Å². The van der Waals surface area contributed by atoms with Gasteiger partial charge in [0, 0.05) is 10.4 Å². The van der Waals surface area contributed by atoms with E-state index in [0.717, 1.165) is 18.5 Å². The second-order valence-corrected chi connectivity index (χ2v) is 4.66. The summed E-state index contributed by atoms with van der Waals surface area (Å²) in [5.41, 5.74) is 9.14. The van der Waals surface area contributed by atoms with Gasteiger partial charge in [-0.25, -0.2) is 0 Å². The average Bonchev–Trinajstić information content (AvgIpc) is 2.78. The summed E-state index contributed by atoms with van der Waals surface area (Å²) in [6.07, 6.45) is 2.00. The highest BCUT2D eigenvalue weighted by molar-refractivity contribution is 7.06. The van der Waals surface area contributed by atoms with Gasteiger partial charge in [0.05, 0.1) is 5.69 Å². The van der Waals surface area contributed by atoms with Crippen LogP contribution >= 0.6 is 11.5 Å². The summed E-state index contributed by atoms with van der Waals surface area (Å²) >= 11 is 1.55. The molecule has 0 atom stereocenters. The van der Waals surface area contributed by atoms with Crippen molar-refractivity contribution in [2.24, 2.45) is 5.73 Å². The number of hydrogen-bond acceptors (Lipinski definition) is 3. The number of nitrogens with two attached hydrogens (primary N) is 1. The van der Waals surface area contributed by atoms with E-state index in [2.05, 4.69) is 41.6 Å². The van der Waals surface area contributed by atoms with Gasteiger partial charge < -0.3 is 5.73 Å². The van der Waals surface area contributed by atoms with Crippen molar-refractivity contribution in [2.75, 3.05) is 6.54 Å². The van der Waals surface area contributed by atoms with Crippen LogP contribution in [0.5, 0.6) is 0 Å². The predicted octanol–water partition coefficient (Wildman–Crippen LogP) is 2.87. The Hall–Kier alpha value is -1.19. The van der Waals surface area contributed by atoms with Crippen molar-refractivity contribution in [3.05, 3.63) is 40.8 Å². The molecule has 0 aliphatic heterocycles. The molecule has 0 amide bonds. The molecule has 0 saturated carbocycles. The van der Waals surface area contributed by atoms with Gasteiger partial charge in [-0.2, -0.15) is 4.37 Å². The van der Waals surface area contributed by atoms with E-state index >= 15 is 0 Å². The quantitative estimate of drug-likeness (QED) is 0.880. The van der Waals surface area contributed by atoms with Crippen LogP contribution < -0.4 is 5.73 Å². The topological polar surface area (TPSA) is 38.9 Å². The Morgan fingerprint density at radius 2 is 2.00 bits per heavy atom. The molecular formula is C13H16N2S. The maximum Gasteiger partial charge on any atom is 0.0843 e. The third-order valence-corrected chi connectivity index (χ3v) is 3.45. The third kappa shape index (κ3) is 2.49. The van der Waals surface area contributed by atoms with Crippen molar-refractivity contribution in [1.29, 1.82) is 0 Å². The van der Waals surface area contributed by atoms with E-state index in [0.29, 0.717) is 6.54 Å². The minimum atomic E-state index is 0.691. The lowest BCUT2D eigenvalue weighted by atomic mass is 10.1. The van der Waals surface area contributed by atoms with Crippen molar-refractivity contribution < 1.29 is 0 Å². The van der Waals surface area contributed by atoms with Crippen LogP contribution in [0.25, 0.3) is 11.3 Å². The summed E-state index contributed by atoms with van der Waals surface area (Å²) in [7, 11) is 0. The fraction of sp³-hybridized carbons (Fsp3) is 0.308. The molecule has 0 spiro atoms. The molecule has 0 saturated heterocycles. The molecule has 0 unspecified atom stereocenters. The van der Waals surface area contributed by atoms with Crippen molar-refractivity contribution >= 4 is 11.5 Å². The van der Waals surface area contributed by atoms with Crippen LogP contribution in [-0.2, 0) is 12.8 Å². The average molecular weight is 232 g/mol. The van der Waals surface area contributed by atoms with Crippen LogP contribution in [0.15, 0.2) is 30.3 Å². The fourth-order valence-electron chi connectivity index (χ4n) is 1.62. The van der Waals surface area contributed by atoms with Gasteiger partial charge >= 0.3 is 0 Å². The number of aromatic nitrogens is 1. The molecule has 2 rings (SSSR count). The molecular weight excluding hydrogens is 216 g/mol. The van der Waals surface area contributed by atoms with E-state index in [9.17, 15) is 0 Å². The Bertz CT molecular complexity index is 445. The van der Waals surface area contributed by atoms with Gasteiger partial charge in [0.2, 0.25) is 0 Å². The first-order valence-electron chi connectivity index (χ1n) is 5.58. The second kappa shape index (κ2) is 5.23. The first kappa shape index (κ1) is 11.3. The molecule has 2 N–H and O–H groups in total. The second-order valence-electron chi connectivity index (χ2n) is 3.77. The molecule has 84 valence electrons. The molecule has 0 aliphatic rings. The first-order valence-corrected chi connectivity index (χ1v) is 6.35. The third-order valence-electron chi connectivity index (χ3n) is 2.61. The van der Waals surface area contributed by atoms with E-state index in [-0.39, 0.29) is 0 Å². The van der Waals surface area contributed by atoms with Gasteiger partial charge in [-0.1, -0.05) is 31.2 Å². The monoisotopic (exact) mass is 232 g/mol. The summed E-state index contributed by atoms with van der Waals surface area (Å²) in [5, 5.41) is 0. The minimum absolute atomic E-state index is 0.691. The Morgan fingerprint density at radius 1 is 1.25 bits per heavy atom. The predicted molar refractivity (Wildman–Crippen MR) is 69.7 cm³/mol. The highest BCUT2D eigenvalue weighted by atomic mass is 32.1. The van der Waals surface area contributed by atoms with E-state index in [4.69, 9.17) is 5.73 Å². The molecule has 1 heterocycles. The van der Waals surface area contributed by atoms with Crippen molar-refractivity contribution in [2.45, 2.75) is 19.8 Å². The molecule has 0 radical (unpaired) electrons. The normalized spacial score (nSPS) is 10.6. The van der Waals surface area contributed by atoms with E-state index < -0.39 is 0 Å². The van der Waals surface area contributed by atoms with Gasteiger partial charge in [-0.05, 0) is 42.5 Å². The number of rotatable bonds is 4. The zero-order valence-electron chi connectivity index (χ0n) is 9.44. The molecule has 1 aromatic carbocycles. The zero-order valence-corrected chi connectivity index (χ0v) is 10.3. The lowest BCUT2D eigenvalue weighted by molar-refractivity contribution is 0.989. The number of nitrogens with zero attached hydrogens (tertiary/aromatic N) is 1. The molecule has 0 aliphatic carbocycles. The Labute approximate surface area is 100 Å². The zero-order chi connectivity index (χ0) is 11.4. The van der Waals surface area contributed by atoms with Gasteiger partial charge in [-0.15, -0.1) is 0 Å². The first-order chi connectivity index (χ1) is 7.83. The molecule has 0 bridgehead atoms. The Balaban J connectivity index is 2.21. The SMILES string of the molecule is CCc1ccc(-c2cc(CCN)sn2)cc1. The highest BCUT2D eigenvalue weighted by Gasteiger charge is 2.03. The molecule has 3 heteroatoms. The number of hydrogen-bond donors (Lipinski definition) is 1. The fourth-order valence-corrected chi connectivity index (χ4v) is 2.37. The van der Waals surface area contributed by atoms with Crippen LogP contribution in [0.2, 0.25) is 0 Å². The lowest BCUT2D eigenvalue weighted by Crippen LogP contribution is -2.00. The summed E-state index contributed by atoms with van der Waals surface area (Å²) < 4.78 is 4.45. The Morgan fingerprint density at radius 3 is 2.62 bits per heavy atom. The lowest BCUT2D eigenvalue weighted by Gasteiger charge is -1.98.